The Kier molecular flexibility index (Phi) is 0.858. The van der Waals surface area contributed by atoms with E-state index in [4.69, 9.17) is 4.74 Å². The molecule has 1 aromatic rings. The SMILES string of the molecule is CC12OC1c1ccccc1C2=O. The van der Waals surface area contributed by atoms with Crippen LogP contribution in [0.25, 0.3) is 0 Å². The van der Waals surface area contributed by atoms with Crippen molar-refractivity contribution in [3.05, 3.63) is 35.4 Å². The predicted molar refractivity (Wildman–Crippen MR) is 43.0 cm³/mol. The number of hydrogen-bond acceptors (Lipinski definition) is 2. The topological polar surface area (TPSA) is 29.6 Å². The molecule has 1 saturated heterocycles. The zero-order chi connectivity index (χ0) is 8.34. The maximum atomic E-state index is 11.6. The Hall–Kier alpha value is -1.15. The summed E-state index contributed by atoms with van der Waals surface area (Å²) in [6.45, 7) is 1.86. The highest BCUT2D eigenvalue weighted by Crippen LogP contribution is 2.57. The normalized spacial score (nSPS) is 36.1. The van der Waals surface area contributed by atoms with Crippen molar-refractivity contribution in [1.29, 1.82) is 0 Å². The van der Waals surface area contributed by atoms with Crippen molar-refractivity contribution in [3.8, 4) is 0 Å². The lowest BCUT2D eigenvalue weighted by Gasteiger charge is -2.00. The molecule has 2 heteroatoms. The van der Waals surface area contributed by atoms with Crippen LogP contribution in [0.3, 0.4) is 0 Å². The molecule has 2 atom stereocenters. The third-order valence-electron chi connectivity index (χ3n) is 2.74. The number of rotatable bonds is 0. The lowest BCUT2D eigenvalue weighted by molar-refractivity contribution is 0.0886. The molecule has 0 saturated carbocycles. The van der Waals surface area contributed by atoms with Crippen LogP contribution in [-0.2, 0) is 4.74 Å². The van der Waals surface area contributed by atoms with Gasteiger partial charge in [0.2, 0.25) is 0 Å². The fourth-order valence-electron chi connectivity index (χ4n) is 1.94. The molecule has 1 heterocycles. The number of carbonyl (C=O) groups is 1. The summed E-state index contributed by atoms with van der Waals surface area (Å²) in [5.74, 6) is 0.142. The zero-order valence-corrected chi connectivity index (χ0v) is 6.70. The molecule has 60 valence electrons. The Bertz CT molecular complexity index is 383. The second-order valence-corrected chi connectivity index (χ2v) is 3.52. The van der Waals surface area contributed by atoms with Gasteiger partial charge in [0.15, 0.2) is 11.4 Å². The molecule has 0 amide bonds. The van der Waals surface area contributed by atoms with Crippen molar-refractivity contribution in [2.75, 3.05) is 0 Å². The monoisotopic (exact) mass is 160 g/mol. The maximum Gasteiger partial charge on any atom is 0.197 e. The smallest absolute Gasteiger partial charge is 0.197 e. The molecule has 0 spiro atoms. The van der Waals surface area contributed by atoms with E-state index in [0.29, 0.717) is 0 Å². The van der Waals surface area contributed by atoms with E-state index in [0.717, 1.165) is 11.1 Å². The Balaban J connectivity index is 2.28. The molecule has 1 fully saturated rings. The summed E-state index contributed by atoms with van der Waals surface area (Å²) in [5.41, 5.74) is 1.39. The number of epoxide rings is 1. The van der Waals surface area contributed by atoms with Gasteiger partial charge in [-0.15, -0.1) is 0 Å². The lowest BCUT2D eigenvalue weighted by Crippen LogP contribution is -2.15. The summed E-state index contributed by atoms with van der Waals surface area (Å²) in [6, 6.07) is 7.68. The molecular weight excluding hydrogens is 152 g/mol. The minimum absolute atomic E-state index is 0.0428. The molecule has 0 aromatic heterocycles. The quantitative estimate of drug-likeness (QED) is 0.541. The number of ketones is 1. The van der Waals surface area contributed by atoms with Gasteiger partial charge < -0.3 is 4.74 Å². The minimum Gasteiger partial charge on any atom is -0.353 e. The van der Waals surface area contributed by atoms with E-state index < -0.39 is 5.60 Å². The summed E-state index contributed by atoms with van der Waals surface area (Å²) in [4.78, 5) is 11.6. The van der Waals surface area contributed by atoms with E-state index in [2.05, 4.69) is 0 Å². The number of Topliss-reactive ketones (excluding diaryl/α,β-unsaturated/α-hetero) is 1. The maximum absolute atomic E-state index is 11.6. The molecule has 0 radical (unpaired) electrons. The van der Waals surface area contributed by atoms with Crippen molar-refractivity contribution in [3.63, 3.8) is 0 Å². The Morgan fingerprint density at radius 3 is 2.92 bits per heavy atom. The average molecular weight is 160 g/mol. The molecule has 2 nitrogen and oxygen atoms in total. The van der Waals surface area contributed by atoms with E-state index >= 15 is 0 Å². The summed E-state index contributed by atoms with van der Waals surface area (Å²) < 4.78 is 5.33. The van der Waals surface area contributed by atoms with Gasteiger partial charge in [0.05, 0.1) is 0 Å². The van der Waals surface area contributed by atoms with Gasteiger partial charge in [-0.25, -0.2) is 0 Å². The number of carbonyl (C=O) groups excluding carboxylic acids is 1. The standard InChI is InChI=1S/C10H8O2/c1-10-8(11)6-4-2-3-5-7(6)9(10)12-10/h2-5,9H,1H3. The highest BCUT2D eigenvalue weighted by Gasteiger charge is 2.64. The van der Waals surface area contributed by atoms with E-state index in [1.54, 1.807) is 0 Å². The highest BCUT2D eigenvalue weighted by atomic mass is 16.6. The third-order valence-corrected chi connectivity index (χ3v) is 2.74. The predicted octanol–water partition coefficient (Wildman–Crippen LogP) is 1.71. The van der Waals surface area contributed by atoms with Crippen LogP contribution in [0.1, 0.15) is 28.9 Å². The molecule has 2 aliphatic rings. The van der Waals surface area contributed by atoms with Crippen LogP contribution in [0.15, 0.2) is 24.3 Å². The molecule has 2 unspecified atom stereocenters. The Morgan fingerprint density at radius 2 is 2.17 bits per heavy atom. The van der Waals surface area contributed by atoms with Gasteiger partial charge in [-0.05, 0) is 12.5 Å². The van der Waals surface area contributed by atoms with Crippen LogP contribution >= 0.6 is 0 Å². The van der Waals surface area contributed by atoms with Crippen molar-refractivity contribution < 1.29 is 9.53 Å². The number of hydrogen-bond donors (Lipinski definition) is 0. The van der Waals surface area contributed by atoms with Crippen LogP contribution in [0, 0.1) is 0 Å². The second-order valence-electron chi connectivity index (χ2n) is 3.52. The fourth-order valence-corrected chi connectivity index (χ4v) is 1.94. The van der Waals surface area contributed by atoms with E-state index in [-0.39, 0.29) is 11.9 Å². The summed E-state index contributed by atoms with van der Waals surface area (Å²) in [6.07, 6.45) is 0.0428. The van der Waals surface area contributed by atoms with Crippen LogP contribution in [-0.4, -0.2) is 11.4 Å². The van der Waals surface area contributed by atoms with Gasteiger partial charge in [-0.3, -0.25) is 4.79 Å². The first-order valence-electron chi connectivity index (χ1n) is 4.05. The van der Waals surface area contributed by atoms with Gasteiger partial charge in [-0.2, -0.15) is 0 Å². The number of benzene rings is 1. The van der Waals surface area contributed by atoms with Crippen LogP contribution in [0.2, 0.25) is 0 Å². The van der Waals surface area contributed by atoms with Gasteiger partial charge in [-0.1, -0.05) is 24.3 Å². The van der Waals surface area contributed by atoms with Crippen LogP contribution in [0.4, 0.5) is 0 Å². The van der Waals surface area contributed by atoms with Crippen molar-refractivity contribution >= 4 is 5.78 Å². The fraction of sp³-hybridized carbons (Fsp3) is 0.300. The molecule has 12 heavy (non-hydrogen) atoms. The van der Waals surface area contributed by atoms with E-state index in [1.165, 1.54) is 0 Å². The Labute approximate surface area is 70.2 Å². The first-order valence-corrected chi connectivity index (χ1v) is 4.05. The van der Waals surface area contributed by atoms with Crippen molar-refractivity contribution in [1.82, 2.24) is 0 Å². The molecular formula is C10H8O2. The number of fused-ring (bicyclic) bond motifs is 3. The largest absolute Gasteiger partial charge is 0.353 e. The molecule has 0 N–H and O–H groups in total. The average Bonchev–Trinajstić information content (AvgIpc) is 2.73. The van der Waals surface area contributed by atoms with Crippen molar-refractivity contribution in [2.24, 2.45) is 0 Å². The first-order chi connectivity index (χ1) is 5.73. The third kappa shape index (κ3) is 0.505. The van der Waals surface area contributed by atoms with Gasteiger partial charge in [0, 0.05) is 5.56 Å². The Morgan fingerprint density at radius 1 is 1.42 bits per heavy atom. The molecule has 3 rings (SSSR count). The molecule has 0 bridgehead atoms. The lowest BCUT2D eigenvalue weighted by atomic mass is 10.1. The van der Waals surface area contributed by atoms with E-state index in [9.17, 15) is 4.79 Å². The highest BCUT2D eigenvalue weighted by molar-refractivity contribution is 6.09. The molecule has 1 aliphatic carbocycles. The zero-order valence-electron chi connectivity index (χ0n) is 6.70. The minimum atomic E-state index is -0.510. The van der Waals surface area contributed by atoms with Gasteiger partial charge in [0.25, 0.3) is 0 Å². The number of ether oxygens (including phenoxy) is 1. The van der Waals surface area contributed by atoms with Gasteiger partial charge in [0.1, 0.15) is 6.10 Å². The summed E-state index contributed by atoms with van der Waals surface area (Å²) in [7, 11) is 0. The molecule has 1 aromatic carbocycles. The van der Waals surface area contributed by atoms with Gasteiger partial charge >= 0.3 is 0 Å². The summed E-state index contributed by atoms with van der Waals surface area (Å²) >= 11 is 0. The summed E-state index contributed by atoms with van der Waals surface area (Å²) in [5, 5.41) is 0. The van der Waals surface area contributed by atoms with E-state index in [1.807, 2.05) is 31.2 Å². The molecule has 1 aliphatic heterocycles. The second kappa shape index (κ2) is 1.62. The first kappa shape index (κ1) is 6.38. The van der Waals surface area contributed by atoms with Crippen LogP contribution in [0.5, 0.6) is 0 Å². The van der Waals surface area contributed by atoms with Crippen molar-refractivity contribution in [2.45, 2.75) is 18.6 Å². The van der Waals surface area contributed by atoms with Crippen LogP contribution < -0.4 is 0 Å².